The summed E-state index contributed by atoms with van der Waals surface area (Å²) in [7, 11) is 1.76. The summed E-state index contributed by atoms with van der Waals surface area (Å²) >= 11 is 0. The minimum absolute atomic E-state index is 0. The molecule has 0 amide bonds. The molecule has 1 aromatic carbocycles. The Morgan fingerprint density at radius 1 is 1.39 bits per heavy atom. The summed E-state index contributed by atoms with van der Waals surface area (Å²) in [6.45, 7) is 8.92. The van der Waals surface area contributed by atoms with Crippen LogP contribution in [0, 0.1) is 17.0 Å². The Morgan fingerprint density at radius 3 is 2.61 bits per heavy atom. The first-order valence-electron chi connectivity index (χ1n) is 7.73. The van der Waals surface area contributed by atoms with E-state index in [0.29, 0.717) is 17.5 Å². The summed E-state index contributed by atoms with van der Waals surface area (Å²) in [6, 6.07) is 3.75. The number of nitrogens with one attached hydrogen (secondary N) is 1. The Morgan fingerprint density at radius 2 is 2.09 bits per heavy atom. The van der Waals surface area contributed by atoms with E-state index in [1.807, 2.05) is 6.92 Å². The summed E-state index contributed by atoms with van der Waals surface area (Å²) < 4.78 is 26.8. The number of aliphatic imine (C=N–C) groups is 1. The first-order chi connectivity index (χ1) is 10.3. The van der Waals surface area contributed by atoms with Crippen LogP contribution in [0.1, 0.15) is 38.7 Å². The van der Waals surface area contributed by atoms with Crippen molar-refractivity contribution in [3.63, 3.8) is 0 Å². The van der Waals surface area contributed by atoms with E-state index < -0.39 is 11.6 Å². The van der Waals surface area contributed by atoms with Crippen LogP contribution in [0.15, 0.2) is 23.2 Å². The van der Waals surface area contributed by atoms with Crippen molar-refractivity contribution in [3.05, 3.63) is 35.4 Å². The number of halogens is 3. The van der Waals surface area contributed by atoms with Gasteiger partial charge >= 0.3 is 0 Å². The van der Waals surface area contributed by atoms with Gasteiger partial charge in [-0.15, -0.1) is 24.0 Å². The van der Waals surface area contributed by atoms with E-state index in [0.717, 1.165) is 31.5 Å². The van der Waals surface area contributed by atoms with Crippen molar-refractivity contribution < 1.29 is 8.78 Å². The molecule has 1 saturated heterocycles. The average molecular weight is 437 g/mol. The molecule has 23 heavy (non-hydrogen) atoms. The highest BCUT2D eigenvalue weighted by Crippen LogP contribution is 2.28. The van der Waals surface area contributed by atoms with Crippen molar-refractivity contribution in [1.29, 1.82) is 0 Å². The molecule has 2 rings (SSSR count). The highest BCUT2D eigenvalue weighted by atomic mass is 127. The van der Waals surface area contributed by atoms with Crippen LogP contribution in [0.4, 0.5) is 8.78 Å². The van der Waals surface area contributed by atoms with Gasteiger partial charge in [-0.25, -0.2) is 8.78 Å². The van der Waals surface area contributed by atoms with Gasteiger partial charge in [-0.2, -0.15) is 0 Å². The second kappa shape index (κ2) is 8.26. The number of hydrogen-bond donors (Lipinski definition) is 1. The molecule has 1 unspecified atom stereocenters. The van der Waals surface area contributed by atoms with Crippen LogP contribution in [-0.4, -0.2) is 37.5 Å². The molecule has 3 nitrogen and oxygen atoms in total. The molecule has 1 aliphatic rings. The van der Waals surface area contributed by atoms with Gasteiger partial charge in [0.25, 0.3) is 0 Å². The third-order valence-electron chi connectivity index (χ3n) is 4.25. The second-order valence-electron chi connectivity index (χ2n) is 6.83. The van der Waals surface area contributed by atoms with E-state index in [9.17, 15) is 8.78 Å². The Bertz CT molecular complexity index is 561. The lowest BCUT2D eigenvalue weighted by molar-refractivity contribution is 0.369. The molecule has 0 aromatic heterocycles. The number of likely N-dealkylation sites (tertiary alicyclic amines) is 1. The molecule has 1 fully saturated rings. The van der Waals surface area contributed by atoms with Crippen LogP contribution in [0.5, 0.6) is 0 Å². The minimum atomic E-state index is -0.545. The summed E-state index contributed by atoms with van der Waals surface area (Å²) in [5.41, 5.74) is 0.817. The van der Waals surface area contributed by atoms with E-state index in [1.54, 1.807) is 7.05 Å². The number of rotatable bonds is 3. The summed E-state index contributed by atoms with van der Waals surface area (Å²) in [5.74, 6) is -0.254. The third-order valence-corrected chi connectivity index (χ3v) is 4.25. The summed E-state index contributed by atoms with van der Waals surface area (Å²) in [5, 5.41) is 3.30. The lowest BCUT2D eigenvalue weighted by Crippen LogP contribution is -2.42. The minimum Gasteiger partial charge on any atom is -0.356 e. The van der Waals surface area contributed by atoms with E-state index in [2.05, 4.69) is 29.1 Å². The molecule has 130 valence electrons. The first kappa shape index (κ1) is 20.1. The molecule has 1 aliphatic heterocycles. The zero-order chi connectivity index (χ0) is 16.3. The second-order valence-corrected chi connectivity index (χ2v) is 6.83. The van der Waals surface area contributed by atoms with E-state index >= 15 is 0 Å². The highest BCUT2D eigenvalue weighted by Gasteiger charge is 2.31. The molecule has 0 saturated carbocycles. The van der Waals surface area contributed by atoms with Crippen molar-refractivity contribution in [1.82, 2.24) is 10.2 Å². The van der Waals surface area contributed by atoms with Crippen molar-refractivity contribution in [2.45, 2.75) is 33.1 Å². The molecule has 0 radical (unpaired) electrons. The van der Waals surface area contributed by atoms with E-state index in [-0.39, 0.29) is 29.9 Å². The molecule has 0 spiro atoms. The zero-order valence-corrected chi connectivity index (χ0v) is 16.5. The average Bonchev–Trinajstić information content (AvgIpc) is 2.79. The van der Waals surface area contributed by atoms with Crippen LogP contribution < -0.4 is 5.32 Å². The van der Waals surface area contributed by atoms with Crippen molar-refractivity contribution in [3.8, 4) is 0 Å². The number of hydrogen-bond acceptors (Lipinski definition) is 1. The van der Waals surface area contributed by atoms with Gasteiger partial charge in [0.2, 0.25) is 0 Å². The van der Waals surface area contributed by atoms with Gasteiger partial charge in [0.15, 0.2) is 5.96 Å². The van der Waals surface area contributed by atoms with Gasteiger partial charge in [0.05, 0.1) is 0 Å². The third kappa shape index (κ3) is 5.29. The first-order valence-corrected chi connectivity index (χ1v) is 7.73. The lowest BCUT2D eigenvalue weighted by atomic mass is 9.93. The van der Waals surface area contributed by atoms with Gasteiger partial charge in [-0.1, -0.05) is 26.8 Å². The molecule has 0 aliphatic carbocycles. The number of guanidine groups is 1. The largest absolute Gasteiger partial charge is 0.356 e. The van der Waals surface area contributed by atoms with Crippen LogP contribution in [0.2, 0.25) is 0 Å². The predicted octanol–water partition coefficient (Wildman–Crippen LogP) is 3.99. The smallest absolute Gasteiger partial charge is 0.193 e. The maximum atomic E-state index is 13.8. The zero-order valence-electron chi connectivity index (χ0n) is 14.2. The van der Waals surface area contributed by atoms with Gasteiger partial charge in [0.1, 0.15) is 11.6 Å². The molecular weight excluding hydrogens is 411 g/mol. The fraction of sp³-hybridized carbons (Fsp3) is 0.588. The maximum absolute atomic E-state index is 13.8. The predicted molar refractivity (Wildman–Crippen MR) is 102 cm³/mol. The molecule has 0 bridgehead atoms. The van der Waals surface area contributed by atoms with Crippen molar-refractivity contribution in [2.75, 3.05) is 26.7 Å². The lowest BCUT2D eigenvalue weighted by Gasteiger charge is -2.25. The Hall–Kier alpha value is -0.920. The van der Waals surface area contributed by atoms with E-state index in [1.165, 1.54) is 12.1 Å². The number of benzene rings is 1. The molecule has 6 heteroatoms. The Balaban J connectivity index is 0.00000264. The fourth-order valence-electron chi connectivity index (χ4n) is 2.88. The van der Waals surface area contributed by atoms with Crippen LogP contribution in [0.25, 0.3) is 0 Å². The Kier molecular flexibility index (Phi) is 7.23. The van der Waals surface area contributed by atoms with Gasteiger partial charge in [-0.05, 0) is 23.5 Å². The molecule has 1 aromatic rings. The highest BCUT2D eigenvalue weighted by molar-refractivity contribution is 14.0. The van der Waals surface area contributed by atoms with Crippen molar-refractivity contribution in [2.24, 2.45) is 10.4 Å². The Labute approximate surface area is 154 Å². The normalized spacial score (nSPS) is 18.5. The summed E-state index contributed by atoms with van der Waals surface area (Å²) in [6.07, 6.45) is 1.13. The van der Waals surface area contributed by atoms with Gasteiger partial charge in [0, 0.05) is 38.7 Å². The van der Waals surface area contributed by atoms with Gasteiger partial charge in [-0.3, -0.25) is 4.99 Å². The standard InChI is InChI=1S/C17H25F2N3.HI/c1-12(14-6-5-13(18)9-15(14)19)10-21-16(20-4)22-8-7-17(2,3)11-22;/h5-6,9,12H,7-8,10-11H2,1-4H3,(H,20,21);1H. The monoisotopic (exact) mass is 437 g/mol. The van der Waals surface area contributed by atoms with Gasteiger partial charge < -0.3 is 10.2 Å². The van der Waals surface area contributed by atoms with Crippen LogP contribution >= 0.6 is 24.0 Å². The van der Waals surface area contributed by atoms with Crippen LogP contribution in [-0.2, 0) is 0 Å². The van der Waals surface area contributed by atoms with E-state index in [4.69, 9.17) is 0 Å². The SMILES string of the molecule is CN=C(NCC(C)c1ccc(F)cc1F)N1CCC(C)(C)C1.I. The fourth-order valence-corrected chi connectivity index (χ4v) is 2.88. The molecular formula is C17H26F2IN3. The molecule has 1 atom stereocenters. The molecule has 1 heterocycles. The molecule has 1 N–H and O–H groups in total. The topological polar surface area (TPSA) is 27.6 Å². The van der Waals surface area contributed by atoms with Crippen molar-refractivity contribution >= 4 is 29.9 Å². The quantitative estimate of drug-likeness (QED) is 0.440. The van der Waals surface area contributed by atoms with Crippen LogP contribution in [0.3, 0.4) is 0 Å². The summed E-state index contributed by atoms with van der Waals surface area (Å²) in [4.78, 5) is 6.55. The number of nitrogens with zero attached hydrogens (tertiary/aromatic N) is 2. The maximum Gasteiger partial charge on any atom is 0.193 e.